The molecule has 1 aliphatic heterocycles. The SMILES string of the molecule is CCCN=C(N)CN1CCC(C)NC2CCCCC2N(CC#N)CCC(C)NC2CCCCC21. The highest BCUT2D eigenvalue weighted by Gasteiger charge is 2.34. The molecule has 6 atom stereocenters. The summed E-state index contributed by atoms with van der Waals surface area (Å²) in [5.74, 6) is 0.792. The second kappa shape index (κ2) is 14.4. The van der Waals surface area contributed by atoms with Crippen LogP contribution in [-0.2, 0) is 0 Å². The van der Waals surface area contributed by atoms with Crippen LogP contribution in [0.25, 0.3) is 0 Å². The van der Waals surface area contributed by atoms with Crippen LogP contribution in [0, 0.1) is 11.3 Å². The van der Waals surface area contributed by atoms with Crippen molar-refractivity contribution in [3.8, 4) is 6.07 Å². The molecular weight excluding hydrogens is 422 g/mol. The van der Waals surface area contributed by atoms with Gasteiger partial charge in [0, 0.05) is 55.9 Å². The molecule has 1 saturated heterocycles. The van der Waals surface area contributed by atoms with Gasteiger partial charge in [-0.3, -0.25) is 14.8 Å². The molecule has 3 aliphatic rings. The number of hydrogen-bond acceptors (Lipinski definition) is 6. The Labute approximate surface area is 208 Å². The van der Waals surface area contributed by atoms with E-state index in [1.54, 1.807) is 0 Å². The molecule has 194 valence electrons. The van der Waals surface area contributed by atoms with Gasteiger partial charge in [-0.05, 0) is 58.8 Å². The Morgan fingerprint density at radius 3 is 1.97 bits per heavy atom. The van der Waals surface area contributed by atoms with Crippen LogP contribution in [0.2, 0.25) is 0 Å². The molecule has 0 aromatic carbocycles. The smallest absolute Gasteiger partial charge is 0.108 e. The highest BCUT2D eigenvalue weighted by molar-refractivity contribution is 5.82. The second-order valence-electron chi connectivity index (χ2n) is 11.1. The number of amidine groups is 1. The fourth-order valence-electron chi connectivity index (χ4n) is 6.43. The van der Waals surface area contributed by atoms with Crippen LogP contribution in [0.4, 0.5) is 0 Å². The molecule has 34 heavy (non-hydrogen) atoms. The van der Waals surface area contributed by atoms with Gasteiger partial charge in [0.2, 0.25) is 0 Å². The van der Waals surface area contributed by atoms with Gasteiger partial charge in [0.05, 0.1) is 19.2 Å². The fraction of sp³-hybridized carbons (Fsp3) is 0.926. The first kappa shape index (κ1) is 27.4. The third kappa shape index (κ3) is 8.19. The number of aliphatic imine (C=N–C) groups is 1. The van der Waals surface area contributed by atoms with Gasteiger partial charge < -0.3 is 16.4 Å². The summed E-state index contributed by atoms with van der Waals surface area (Å²) in [6.45, 7) is 11.0. The molecule has 0 bridgehead atoms. The van der Waals surface area contributed by atoms with E-state index < -0.39 is 0 Å². The molecule has 0 aromatic heterocycles. The minimum Gasteiger partial charge on any atom is -0.386 e. The first-order valence-corrected chi connectivity index (χ1v) is 14.2. The predicted molar refractivity (Wildman–Crippen MR) is 142 cm³/mol. The number of nitrogens with one attached hydrogen (secondary N) is 2. The van der Waals surface area contributed by atoms with E-state index in [-0.39, 0.29) is 0 Å². The molecule has 2 aliphatic carbocycles. The standard InChI is InChI=1S/C27H51N7/c1-4-16-30-27(29)20-34-18-14-22(3)31-23-9-5-7-11-25(23)33(19-15-28)17-13-21(2)32-24-10-6-8-12-26(24)34/h21-26,31-32H,4-14,16-20H2,1-3H3,(H2,29,30). The minimum absolute atomic E-state index is 0.441. The number of nitriles is 1. The molecule has 0 spiro atoms. The van der Waals surface area contributed by atoms with E-state index in [9.17, 15) is 5.26 Å². The average molecular weight is 474 g/mol. The summed E-state index contributed by atoms with van der Waals surface area (Å²) < 4.78 is 0. The van der Waals surface area contributed by atoms with Crippen molar-refractivity contribution in [1.82, 2.24) is 20.4 Å². The van der Waals surface area contributed by atoms with Crippen molar-refractivity contribution in [2.24, 2.45) is 10.7 Å². The van der Waals surface area contributed by atoms with Crippen molar-refractivity contribution in [2.45, 2.75) is 128 Å². The Bertz CT molecular complexity index is 660. The van der Waals surface area contributed by atoms with Gasteiger partial charge in [-0.2, -0.15) is 5.26 Å². The van der Waals surface area contributed by atoms with E-state index in [0.29, 0.717) is 42.8 Å². The lowest BCUT2D eigenvalue weighted by Crippen LogP contribution is -2.58. The summed E-state index contributed by atoms with van der Waals surface area (Å²) in [5.41, 5.74) is 6.41. The molecule has 4 N–H and O–H groups in total. The summed E-state index contributed by atoms with van der Waals surface area (Å²) >= 11 is 0. The lowest BCUT2D eigenvalue weighted by molar-refractivity contribution is 0.100. The van der Waals surface area contributed by atoms with Gasteiger partial charge in [0.15, 0.2) is 0 Å². The summed E-state index contributed by atoms with van der Waals surface area (Å²) in [5, 5.41) is 17.6. The number of hydrogen-bond donors (Lipinski definition) is 3. The number of rotatable bonds is 5. The molecule has 1 heterocycles. The fourth-order valence-corrected chi connectivity index (χ4v) is 6.43. The summed E-state index contributed by atoms with van der Waals surface area (Å²) in [7, 11) is 0. The Kier molecular flexibility index (Phi) is 11.6. The maximum absolute atomic E-state index is 9.55. The van der Waals surface area contributed by atoms with Crippen molar-refractivity contribution in [1.29, 1.82) is 5.26 Å². The van der Waals surface area contributed by atoms with E-state index >= 15 is 0 Å². The van der Waals surface area contributed by atoms with Gasteiger partial charge in [-0.15, -0.1) is 0 Å². The van der Waals surface area contributed by atoms with Gasteiger partial charge in [0.25, 0.3) is 0 Å². The Balaban J connectivity index is 1.80. The van der Waals surface area contributed by atoms with Crippen molar-refractivity contribution in [2.75, 3.05) is 32.7 Å². The van der Waals surface area contributed by atoms with Gasteiger partial charge in [0.1, 0.15) is 5.84 Å². The molecule has 3 rings (SSSR count). The summed E-state index contributed by atoms with van der Waals surface area (Å²) in [6, 6.07) is 5.32. The number of nitrogens with two attached hydrogens (primary N) is 1. The molecule has 6 unspecified atom stereocenters. The van der Waals surface area contributed by atoms with Crippen LogP contribution < -0.4 is 16.4 Å². The average Bonchev–Trinajstić information content (AvgIpc) is 2.83. The van der Waals surface area contributed by atoms with E-state index in [4.69, 9.17) is 5.73 Å². The van der Waals surface area contributed by atoms with Crippen LogP contribution in [0.1, 0.15) is 91.4 Å². The van der Waals surface area contributed by atoms with Gasteiger partial charge in [-0.25, -0.2) is 0 Å². The molecule has 3 fully saturated rings. The van der Waals surface area contributed by atoms with Crippen molar-refractivity contribution in [3.05, 3.63) is 0 Å². The highest BCUT2D eigenvalue weighted by Crippen LogP contribution is 2.27. The lowest BCUT2D eigenvalue weighted by Gasteiger charge is -2.44. The molecule has 0 radical (unpaired) electrons. The molecule has 2 saturated carbocycles. The van der Waals surface area contributed by atoms with Crippen LogP contribution in [0.3, 0.4) is 0 Å². The monoisotopic (exact) mass is 473 g/mol. The third-order valence-electron chi connectivity index (χ3n) is 8.27. The molecule has 7 nitrogen and oxygen atoms in total. The highest BCUT2D eigenvalue weighted by atomic mass is 15.2. The lowest BCUT2D eigenvalue weighted by atomic mass is 9.87. The summed E-state index contributed by atoms with van der Waals surface area (Å²) in [4.78, 5) is 9.75. The van der Waals surface area contributed by atoms with Crippen molar-refractivity contribution >= 4 is 5.84 Å². The minimum atomic E-state index is 0.441. The van der Waals surface area contributed by atoms with Gasteiger partial charge in [-0.1, -0.05) is 32.6 Å². The molecule has 7 heteroatoms. The zero-order valence-electron chi connectivity index (χ0n) is 22.1. The Morgan fingerprint density at radius 2 is 1.41 bits per heavy atom. The first-order valence-electron chi connectivity index (χ1n) is 14.2. The quantitative estimate of drug-likeness (QED) is 0.322. The Morgan fingerprint density at radius 1 is 0.882 bits per heavy atom. The molecule has 0 aromatic rings. The predicted octanol–water partition coefficient (Wildman–Crippen LogP) is 3.25. The van der Waals surface area contributed by atoms with Crippen LogP contribution in [0.5, 0.6) is 0 Å². The molecule has 0 amide bonds. The van der Waals surface area contributed by atoms with E-state index in [1.165, 1.54) is 51.4 Å². The van der Waals surface area contributed by atoms with E-state index in [0.717, 1.165) is 51.3 Å². The first-order chi connectivity index (χ1) is 16.5. The number of nitrogens with zero attached hydrogens (tertiary/aromatic N) is 4. The maximum atomic E-state index is 9.55. The summed E-state index contributed by atoms with van der Waals surface area (Å²) in [6.07, 6.45) is 13.3. The topological polar surface area (TPSA) is 92.7 Å². The normalized spacial score (nSPS) is 35.5. The van der Waals surface area contributed by atoms with Crippen LogP contribution in [-0.4, -0.2) is 84.6 Å². The van der Waals surface area contributed by atoms with Crippen molar-refractivity contribution in [3.63, 3.8) is 0 Å². The van der Waals surface area contributed by atoms with Crippen LogP contribution in [0.15, 0.2) is 4.99 Å². The molecular formula is C27H51N7. The zero-order valence-corrected chi connectivity index (χ0v) is 22.1. The maximum Gasteiger partial charge on any atom is 0.108 e. The van der Waals surface area contributed by atoms with Crippen LogP contribution >= 0.6 is 0 Å². The zero-order chi connectivity index (χ0) is 24.3. The van der Waals surface area contributed by atoms with Gasteiger partial charge >= 0.3 is 0 Å². The second-order valence-corrected chi connectivity index (χ2v) is 11.1. The largest absolute Gasteiger partial charge is 0.386 e. The van der Waals surface area contributed by atoms with E-state index in [1.807, 2.05) is 0 Å². The van der Waals surface area contributed by atoms with Crippen molar-refractivity contribution < 1.29 is 0 Å². The third-order valence-corrected chi connectivity index (χ3v) is 8.27. The van der Waals surface area contributed by atoms with E-state index in [2.05, 4.69) is 52.3 Å². The number of fused-ring (bicyclic) bond motifs is 2. The Hall–Kier alpha value is -1.20.